The van der Waals surface area contributed by atoms with Gasteiger partial charge in [-0.1, -0.05) is 0 Å². The van der Waals surface area contributed by atoms with Gasteiger partial charge in [0.05, 0.1) is 12.1 Å². The molecule has 16 heavy (non-hydrogen) atoms. The Kier molecular flexibility index (Phi) is 3.34. The minimum Gasteiger partial charge on any atom is -0.237 e. The molecule has 2 rings (SSSR count). The second-order valence-electron chi connectivity index (χ2n) is 3.96. The molecule has 0 amide bonds. The van der Waals surface area contributed by atoms with E-state index in [0.29, 0.717) is 0 Å². The molecule has 0 spiro atoms. The van der Waals surface area contributed by atoms with Crippen LogP contribution >= 0.6 is 0 Å². The first-order valence-corrected chi connectivity index (χ1v) is 5.84. The normalized spacial score (nSPS) is 10.6. The van der Waals surface area contributed by atoms with Crippen LogP contribution in [-0.2, 0) is 19.6 Å². The molecule has 3 nitrogen and oxygen atoms in total. The van der Waals surface area contributed by atoms with Crippen LogP contribution in [0.5, 0.6) is 0 Å². The van der Waals surface area contributed by atoms with Crippen molar-refractivity contribution in [2.75, 3.05) is 0 Å². The van der Waals surface area contributed by atoms with E-state index in [1.54, 1.807) is 0 Å². The summed E-state index contributed by atoms with van der Waals surface area (Å²) in [5.74, 6) is 0. The van der Waals surface area contributed by atoms with Crippen molar-refractivity contribution in [1.82, 2.24) is 4.57 Å². The minimum absolute atomic E-state index is 0.938. The first kappa shape index (κ1) is 10.9. The zero-order valence-electron chi connectivity index (χ0n) is 10.0. The van der Waals surface area contributed by atoms with Crippen molar-refractivity contribution in [3.05, 3.63) is 48.8 Å². The van der Waals surface area contributed by atoms with Gasteiger partial charge in [0.1, 0.15) is 25.5 Å². The molecule has 2 heterocycles. The van der Waals surface area contributed by atoms with Crippen molar-refractivity contribution in [2.45, 2.75) is 33.5 Å². The molecular weight excluding hydrogens is 198 g/mol. The smallest absolute Gasteiger partial charge is 0.237 e. The van der Waals surface area contributed by atoms with Crippen molar-refractivity contribution >= 4 is 0 Å². The number of aryl methyl sites for hydroxylation is 2. The lowest BCUT2D eigenvalue weighted by Gasteiger charge is -1.97. The third-order valence-electron chi connectivity index (χ3n) is 2.76. The number of hydrogen-bond donors (Lipinski definition) is 0. The monoisotopic (exact) mass is 217 g/mol. The number of rotatable bonds is 4. The van der Waals surface area contributed by atoms with Crippen molar-refractivity contribution in [3.63, 3.8) is 0 Å². The van der Waals surface area contributed by atoms with Gasteiger partial charge in [0.25, 0.3) is 0 Å². The molecule has 0 aromatic carbocycles. The number of nitrogens with zero attached hydrogens (tertiary/aromatic N) is 3. The second kappa shape index (κ2) is 4.92. The molecule has 2 aromatic rings. The third kappa shape index (κ3) is 2.48. The molecule has 0 aliphatic rings. The lowest BCUT2D eigenvalue weighted by atomic mass is 10.3. The molecule has 0 aliphatic carbocycles. The van der Waals surface area contributed by atoms with Gasteiger partial charge in [0, 0.05) is 6.07 Å². The van der Waals surface area contributed by atoms with Crippen LogP contribution < -0.4 is 9.13 Å². The van der Waals surface area contributed by atoms with Gasteiger partial charge in [-0.25, -0.2) is 13.7 Å². The minimum atomic E-state index is 0.938. The predicted octanol–water partition coefficient (Wildman–Crippen LogP) is 1.15. The summed E-state index contributed by atoms with van der Waals surface area (Å²) in [7, 11) is 0. The molecule has 84 valence electrons. The summed E-state index contributed by atoms with van der Waals surface area (Å²) in [4.78, 5) is 0. The van der Waals surface area contributed by atoms with E-state index in [9.17, 15) is 0 Å². The fourth-order valence-electron chi connectivity index (χ4n) is 1.80. The van der Waals surface area contributed by atoms with Gasteiger partial charge in [-0.3, -0.25) is 0 Å². The lowest BCUT2D eigenvalue weighted by Crippen LogP contribution is -2.36. The van der Waals surface area contributed by atoms with Crippen LogP contribution in [0.25, 0.3) is 0 Å². The highest BCUT2D eigenvalue weighted by molar-refractivity contribution is 5.03. The summed E-state index contributed by atoms with van der Waals surface area (Å²) >= 11 is 0. The van der Waals surface area contributed by atoms with Crippen molar-refractivity contribution in [1.29, 1.82) is 0 Å². The summed E-state index contributed by atoms with van der Waals surface area (Å²) in [6.45, 7) is 7.29. The van der Waals surface area contributed by atoms with E-state index in [2.05, 4.69) is 70.8 Å². The zero-order valence-corrected chi connectivity index (χ0v) is 10.0. The van der Waals surface area contributed by atoms with Crippen molar-refractivity contribution in [2.24, 2.45) is 0 Å². The molecule has 0 radical (unpaired) electrons. The Morgan fingerprint density at radius 1 is 1.19 bits per heavy atom. The summed E-state index contributed by atoms with van der Waals surface area (Å²) in [6.07, 6.45) is 10.7. The third-order valence-corrected chi connectivity index (χ3v) is 2.76. The van der Waals surface area contributed by atoms with Crippen LogP contribution in [0.4, 0.5) is 0 Å². The quantitative estimate of drug-likeness (QED) is 0.682. The van der Waals surface area contributed by atoms with Gasteiger partial charge in [0.2, 0.25) is 6.33 Å². The molecule has 0 saturated heterocycles. The molecule has 0 unspecified atom stereocenters. The first-order chi connectivity index (χ1) is 7.81. The molecule has 0 saturated carbocycles. The highest BCUT2D eigenvalue weighted by Gasteiger charge is 2.06. The van der Waals surface area contributed by atoms with Crippen LogP contribution in [-0.4, -0.2) is 4.57 Å². The molecule has 2 aromatic heterocycles. The predicted molar refractivity (Wildman–Crippen MR) is 61.7 cm³/mol. The standard InChI is InChI=1S/C13H19N3/c1-3-14-7-5-6-13(10-14)11-16-9-8-15(4-2)12-16/h5-10,12H,3-4,11H2,1-2H3/q+2. The zero-order chi connectivity index (χ0) is 11.4. The fraction of sp³-hybridized carbons (Fsp3) is 0.385. The van der Waals surface area contributed by atoms with Gasteiger partial charge in [-0.15, -0.1) is 0 Å². The van der Waals surface area contributed by atoms with Gasteiger partial charge in [-0.2, -0.15) is 0 Å². The van der Waals surface area contributed by atoms with E-state index in [1.807, 2.05) is 0 Å². The Bertz CT molecular complexity index is 460. The van der Waals surface area contributed by atoms with Crippen molar-refractivity contribution < 1.29 is 9.13 Å². The van der Waals surface area contributed by atoms with Crippen LogP contribution in [0.3, 0.4) is 0 Å². The summed E-state index contributed by atoms with van der Waals surface area (Å²) < 4.78 is 6.59. The molecule has 0 N–H and O–H groups in total. The van der Waals surface area contributed by atoms with Crippen LogP contribution in [0.1, 0.15) is 19.4 Å². The van der Waals surface area contributed by atoms with Crippen LogP contribution in [0.15, 0.2) is 43.2 Å². The Morgan fingerprint density at radius 3 is 2.75 bits per heavy atom. The summed E-state index contributed by atoms with van der Waals surface area (Å²) in [6, 6.07) is 4.28. The van der Waals surface area contributed by atoms with Gasteiger partial charge < -0.3 is 0 Å². The van der Waals surface area contributed by atoms with E-state index >= 15 is 0 Å². The van der Waals surface area contributed by atoms with Crippen molar-refractivity contribution in [3.8, 4) is 0 Å². The Morgan fingerprint density at radius 2 is 2.06 bits per heavy atom. The maximum absolute atomic E-state index is 2.21. The topological polar surface area (TPSA) is 12.7 Å². The molecule has 0 atom stereocenters. The molecule has 0 aliphatic heterocycles. The Labute approximate surface area is 96.6 Å². The average Bonchev–Trinajstić information content (AvgIpc) is 2.77. The van der Waals surface area contributed by atoms with E-state index in [1.165, 1.54) is 5.56 Å². The second-order valence-corrected chi connectivity index (χ2v) is 3.96. The first-order valence-electron chi connectivity index (χ1n) is 5.84. The molecule has 0 fully saturated rings. The fourth-order valence-corrected chi connectivity index (χ4v) is 1.80. The SMILES string of the molecule is CCn1cc[n+](Cc2ccc[n+](CC)c2)c1. The maximum Gasteiger partial charge on any atom is 0.244 e. The number of pyridine rings is 1. The van der Waals surface area contributed by atoms with Gasteiger partial charge in [0.15, 0.2) is 12.4 Å². The number of imidazole rings is 1. The van der Waals surface area contributed by atoms with Gasteiger partial charge in [-0.05, 0) is 19.9 Å². The van der Waals surface area contributed by atoms with E-state index in [0.717, 1.165) is 19.6 Å². The van der Waals surface area contributed by atoms with E-state index in [-0.39, 0.29) is 0 Å². The molecular formula is C13H19N3+2. The highest BCUT2D eigenvalue weighted by atomic mass is 15.1. The van der Waals surface area contributed by atoms with Crippen LogP contribution in [0, 0.1) is 0 Å². The van der Waals surface area contributed by atoms with Crippen LogP contribution in [0.2, 0.25) is 0 Å². The molecule has 0 bridgehead atoms. The van der Waals surface area contributed by atoms with Gasteiger partial charge >= 0.3 is 0 Å². The highest BCUT2D eigenvalue weighted by Crippen LogP contribution is 1.94. The molecule has 3 heteroatoms. The summed E-state index contributed by atoms with van der Waals surface area (Å²) in [5, 5.41) is 0. The van der Waals surface area contributed by atoms with E-state index in [4.69, 9.17) is 0 Å². The average molecular weight is 217 g/mol. The number of hydrogen-bond acceptors (Lipinski definition) is 0. The Balaban J connectivity index is 2.13. The number of aromatic nitrogens is 3. The van der Waals surface area contributed by atoms with E-state index < -0.39 is 0 Å². The maximum atomic E-state index is 2.21. The Hall–Kier alpha value is -1.64. The largest absolute Gasteiger partial charge is 0.244 e. The lowest BCUT2D eigenvalue weighted by molar-refractivity contribution is -0.703. The summed E-state index contributed by atoms with van der Waals surface area (Å²) in [5.41, 5.74) is 1.34.